The largest absolute Gasteiger partial charge is 0.497 e. The number of pyridine rings is 1. The first-order valence-corrected chi connectivity index (χ1v) is 8.76. The Morgan fingerprint density at radius 1 is 1.25 bits per heavy atom. The number of aromatic amines is 1. The van der Waals surface area contributed by atoms with Crippen LogP contribution in [0.4, 0.5) is 5.95 Å². The third-order valence-electron chi connectivity index (χ3n) is 4.76. The van der Waals surface area contributed by atoms with Gasteiger partial charge >= 0.3 is 5.97 Å². The number of anilines is 1. The van der Waals surface area contributed by atoms with Crippen LogP contribution in [0.5, 0.6) is 5.75 Å². The Bertz CT molecular complexity index is 1090. The van der Waals surface area contributed by atoms with Crippen molar-refractivity contribution < 1.29 is 14.6 Å². The van der Waals surface area contributed by atoms with E-state index in [1.807, 2.05) is 35.2 Å². The highest BCUT2D eigenvalue weighted by Gasteiger charge is 2.24. The molecule has 8 heteroatoms. The van der Waals surface area contributed by atoms with Crippen molar-refractivity contribution in [1.82, 2.24) is 15.0 Å². The number of carbonyl (C=O) groups is 1. The Balaban J connectivity index is 1.66. The summed E-state index contributed by atoms with van der Waals surface area (Å²) in [5, 5.41) is 9.44. The van der Waals surface area contributed by atoms with Crippen LogP contribution in [0.25, 0.3) is 11.3 Å². The molecule has 0 spiro atoms. The number of rotatable bonds is 4. The van der Waals surface area contributed by atoms with Gasteiger partial charge in [-0.25, -0.2) is 14.8 Å². The minimum atomic E-state index is -1.11. The van der Waals surface area contributed by atoms with E-state index in [2.05, 4.69) is 15.0 Å². The maximum Gasteiger partial charge on any atom is 0.336 e. The van der Waals surface area contributed by atoms with Crippen molar-refractivity contribution in [2.24, 2.45) is 0 Å². The van der Waals surface area contributed by atoms with Crippen molar-refractivity contribution in [3.8, 4) is 17.0 Å². The molecule has 0 amide bonds. The Morgan fingerprint density at radius 3 is 2.75 bits per heavy atom. The minimum Gasteiger partial charge on any atom is -0.497 e. The van der Waals surface area contributed by atoms with E-state index in [0.717, 1.165) is 23.1 Å². The highest BCUT2D eigenvalue weighted by molar-refractivity contribution is 5.89. The summed E-state index contributed by atoms with van der Waals surface area (Å²) in [6, 6.07) is 10.5. The molecule has 4 rings (SSSR count). The van der Waals surface area contributed by atoms with Gasteiger partial charge in [0.15, 0.2) is 0 Å². The molecule has 0 bridgehead atoms. The Morgan fingerprint density at radius 2 is 2.04 bits per heavy atom. The Kier molecular flexibility index (Phi) is 4.52. The molecule has 0 aliphatic carbocycles. The molecule has 0 atom stereocenters. The molecule has 0 saturated heterocycles. The number of H-pyrrole nitrogens is 1. The van der Waals surface area contributed by atoms with E-state index in [-0.39, 0.29) is 5.56 Å². The van der Waals surface area contributed by atoms with Crippen LogP contribution in [0.3, 0.4) is 0 Å². The summed E-state index contributed by atoms with van der Waals surface area (Å²) in [4.78, 5) is 36.9. The number of aromatic carboxylic acids is 1. The summed E-state index contributed by atoms with van der Waals surface area (Å²) >= 11 is 0. The topological polar surface area (TPSA) is 108 Å². The van der Waals surface area contributed by atoms with Crippen LogP contribution in [-0.4, -0.2) is 39.7 Å². The van der Waals surface area contributed by atoms with Crippen molar-refractivity contribution in [1.29, 1.82) is 0 Å². The third kappa shape index (κ3) is 3.32. The highest BCUT2D eigenvalue weighted by Crippen LogP contribution is 2.25. The van der Waals surface area contributed by atoms with Crippen molar-refractivity contribution in [3.63, 3.8) is 0 Å². The monoisotopic (exact) mass is 378 g/mol. The molecule has 142 valence electrons. The predicted octanol–water partition coefficient (Wildman–Crippen LogP) is 2.10. The molecule has 1 aliphatic heterocycles. The average molecular weight is 378 g/mol. The summed E-state index contributed by atoms with van der Waals surface area (Å²) < 4.78 is 5.18. The van der Waals surface area contributed by atoms with E-state index in [4.69, 9.17) is 4.74 Å². The van der Waals surface area contributed by atoms with Gasteiger partial charge in [-0.1, -0.05) is 0 Å². The molecule has 0 radical (unpaired) electrons. The fraction of sp³-hybridized carbons (Fsp3) is 0.200. The molecular formula is C20H18N4O4. The zero-order chi connectivity index (χ0) is 19.7. The summed E-state index contributed by atoms with van der Waals surface area (Å²) in [7, 11) is 1.62. The van der Waals surface area contributed by atoms with Crippen molar-refractivity contribution in [2.75, 3.05) is 18.6 Å². The van der Waals surface area contributed by atoms with Crippen LogP contribution >= 0.6 is 0 Å². The molecule has 2 N–H and O–H groups in total. The van der Waals surface area contributed by atoms with Gasteiger partial charge in [0.25, 0.3) is 0 Å². The number of carboxylic acid groups (broad SMARTS) is 1. The fourth-order valence-electron chi connectivity index (χ4n) is 3.34. The number of hydrogen-bond acceptors (Lipinski definition) is 6. The van der Waals surface area contributed by atoms with Gasteiger partial charge in [-0.2, -0.15) is 0 Å². The van der Waals surface area contributed by atoms with Crippen molar-refractivity contribution in [2.45, 2.75) is 13.0 Å². The molecule has 0 fully saturated rings. The standard InChI is InChI=1S/C20H18N4O4/c1-28-13-4-2-12(3-5-13)16-6-8-21-20(23-16)24-9-7-17-15(11-24)14(19(26)27)10-18(25)22-17/h2-6,8,10H,7,9,11H2,1H3,(H,22,25)(H,26,27). The predicted molar refractivity (Wildman–Crippen MR) is 103 cm³/mol. The number of carboxylic acids is 1. The molecule has 2 aromatic heterocycles. The van der Waals surface area contributed by atoms with E-state index in [1.165, 1.54) is 0 Å². The number of methoxy groups -OCH3 is 1. The molecule has 28 heavy (non-hydrogen) atoms. The zero-order valence-corrected chi connectivity index (χ0v) is 15.2. The number of ether oxygens (including phenoxy) is 1. The maximum atomic E-state index is 11.7. The summed E-state index contributed by atoms with van der Waals surface area (Å²) in [5.41, 5.74) is 2.57. The van der Waals surface area contributed by atoms with Crippen LogP contribution in [-0.2, 0) is 13.0 Å². The fourth-order valence-corrected chi connectivity index (χ4v) is 3.34. The van der Waals surface area contributed by atoms with E-state index in [0.29, 0.717) is 36.7 Å². The number of fused-ring (bicyclic) bond motifs is 1. The molecule has 3 aromatic rings. The molecule has 0 unspecified atom stereocenters. The molecular weight excluding hydrogens is 360 g/mol. The van der Waals surface area contributed by atoms with E-state index >= 15 is 0 Å². The van der Waals surface area contributed by atoms with Crippen LogP contribution in [0.1, 0.15) is 21.6 Å². The van der Waals surface area contributed by atoms with Gasteiger partial charge in [0.1, 0.15) is 5.75 Å². The van der Waals surface area contributed by atoms with Crippen molar-refractivity contribution in [3.05, 3.63) is 69.8 Å². The number of nitrogens with one attached hydrogen (secondary N) is 1. The van der Waals surface area contributed by atoms with Crippen LogP contribution < -0.4 is 15.2 Å². The Labute approximate surface area is 160 Å². The number of benzene rings is 1. The van der Waals surface area contributed by atoms with Gasteiger partial charge in [0, 0.05) is 48.6 Å². The van der Waals surface area contributed by atoms with E-state index in [1.54, 1.807) is 13.3 Å². The second kappa shape index (κ2) is 7.15. The lowest BCUT2D eigenvalue weighted by molar-refractivity contribution is 0.0695. The molecule has 0 saturated carbocycles. The minimum absolute atomic E-state index is 0.0229. The summed E-state index contributed by atoms with van der Waals surface area (Å²) in [6.45, 7) is 0.901. The van der Waals surface area contributed by atoms with Crippen LogP contribution in [0.15, 0.2) is 47.4 Å². The van der Waals surface area contributed by atoms with E-state index < -0.39 is 11.5 Å². The van der Waals surface area contributed by atoms with Gasteiger partial charge in [-0.15, -0.1) is 0 Å². The molecule has 1 aliphatic rings. The van der Waals surface area contributed by atoms with Gasteiger partial charge in [0.05, 0.1) is 18.4 Å². The maximum absolute atomic E-state index is 11.7. The number of aromatic nitrogens is 3. The lowest BCUT2D eigenvalue weighted by atomic mass is 10.0. The first-order chi connectivity index (χ1) is 13.5. The summed E-state index contributed by atoms with van der Waals surface area (Å²) in [5.74, 6) is 0.166. The van der Waals surface area contributed by atoms with Gasteiger partial charge in [-0.3, -0.25) is 4.79 Å². The van der Waals surface area contributed by atoms with Crippen LogP contribution in [0, 0.1) is 0 Å². The SMILES string of the molecule is COc1ccc(-c2ccnc(N3CCc4[nH]c(=O)cc(C(=O)O)c4C3)n2)cc1. The van der Waals surface area contributed by atoms with Gasteiger partial charge in [0.2, 0.25) is 11.5 Å². The zero-order valence-electron chi connectivity index (χ0n) is 15.2. The number of nitrogens with zero attached hydrogens (tertiary/aromatic N) is 3. The lowest BCUT2D eigenvalue weighted by Crippen LogP contribution is -2.35. The van der Waals surface area contributed by atoms with Gasteiger partial charge < -0.3 is 19.7 Å². The molecule has 3 heterocycles. The van der Waals surface area contributed by atoms with Crippen molar-refractivity contribution >= 4 is 11.9 Å². The quantitative estimate of drug-likeness (QED) is 0.716. The number of hydrogen-bond donors (Lipinski definition) is 2. The van der Waals surface area contributed by atoms with Crippen LogP contribution in [0.2, 0.25) is 0 Å². The van der Waals surface area contributed by atoms with Gasteiger partial charge in [-0.05, 0) is 30.3 Å². The van der Waals surface area contributed by atoms with E-state index in [9.17, 15) is 14.7 Å². The normalized spacial score (nSPS) is 13.1. The third-order valence-corrected chi connectivity index (χ3v) is 4.76. The lowest BCUT2D eigenvalue weighted by Gasteiger charge is -2.29. The first-order valence-electron chi connectivity index (χ1n) is 8.76. The summed E-state index contributed by atoms with van der Waals surface area (Å²) in [6.07, 6.45) is 2.20. The molecule has 1 aromatic carbocycles. The molecule has 8 nitrogen and oxygen atoms in total. The first kappa shape index (κ1) is 17.7. The second-order valence-electron chi connectivity index (χ2n) is 6.45. The smallest absolute Gasteiger partial charge is 0.336 e. The highest BCUT2D eigenvalue weighted by atomic mass is 16.5. The second-order valence-corrected chi connectivity index (χ2v) is 6.45. The average Bonchev–Trinajstić information content (AvgIpc) is 2.73. The Hall–Kier alpha value is -3.68.